The fourth-order valence-electron chi connectivity index (χ4n) is 1.14. The third kappa shape index (κ3) is 2.52. The molecule has 1 atom stereocenters. The minimum atomic E-state index is -0.893. The van der Waals surface area contributed by atoms with Crippen molar-refractivity contribution in [3.63, 3.8) is 0 Å². The van der Waals surface area contributed by atoms with Crippen LogP contribution in [0.25, 0.3) is 0 Å². The Labute approximate surface area is 87.3 Å². The predicted molar refractivity (Wildman–Crippen MR) is 57.4 cm³/mol. The molecular formula is C10H12N2O3. The number of hydrogen-bond acceptors (Lipinski definition) is 4. The number of carboxylic acid groups (broad SMARTS) is 1. The van der Waals surface area contributed by atoms with Crippen molar-refractivity contribution in [1.82, 2.24) is 0 Å². The molecule has 1 aromatic carbocycles. The lowest BCUT2D eigenvalue weighted by molar-refractivity contribution is -0.138. The van der Waals surface area contributed by atoms with Gasteiger partial charge in [0.1, 0.15) is 11.7 Å². The minimum Gasteiger partial charge on any atom is -0.480 e. The Bertz CT molecular complexity index is 361. The van der Waals surface area contributed by atoms with Crippen LogP contribution in [0.3, 0.4) is 0 Å². The quantitative estimate of drug-likeness (QED) is 0.768. The van der Waals surface area contributed by atoms with Crippen LogP contribution in [-0.4, -0.2) is 24.2 Å². The molecule has 0 radical (unpaired) electrons. The maximum Gasteiger partial charge on any atom is 0.326 e. The first-order valence-electron chi connectivity index (χ1n) is 4.45. The Kier molecular flexibility index (Phi) is 3.38. The van der Waals surface area contributed by atoms with Crippen molar-refractivity contribution in [1.29, 1.82) is 0 Å². The summed E-state index contributed by atoms with van der Waals surface area (Å²) in [6.07, 6.45) is 0. The number of aliphatic carboxylic acids is 1. The van der Waals surface area contributed by atoms with Gasteiger partial charge in [-0.3, -0.25) is 0 Å². The molecule has 0 aliphatic carbocycles. The van der Waals surface area contributed by atoms with Crippen LogP contribution in [0.5, 0.6) is 0 Å². The summed E-state index contributed by atoms with van der Waals surface area (Å²) in [4.78, 5) is 22.5. The highest BCUT2D eigenvalue weighted by atomic mass is 16.4. The fraction of sp³-hybridized carbons (Fsp3) is 0.300. The zero-order valence-corrected chi connectivity index (χ0v) is 8.54. The topological polar surface area (TPSA) is 70.0 Å². The molecule has 0 aromatic heterocycles. The van der Waals surface area contributed by atoms with Gasteiger partial charge in [-0.05, 0) is 36.4 Å². The van der Waals surface area contributed by atoms with E-state index in [2.05, 4.69) is 5.18 Å². The van der Waals surface area contributed by atoms with Crippen LogP contribution >= 0.6 is 0 Å². The van der Waals surface area contributed by atoms with Crippen LogP contribution in [0.1, 0.15) is 6.92 Å². The number of anilines is 1. The summed E-state index contributed by atoms with van der Waals surface area (Å²) in [6.45, 7) is 1.59. The molecule has 0 bridgehead atoms. The van der Waals surface area contributed by atoms with E-state index >= 15 is 0 Å². The summed E-state index contributed by atoms with van der Waals surface area (Å²) >= 11 is 0. The van der Waals surface area contributed by atoms with Crippen LogP contribution in [-0.2, 0) is 4.79 Å². The third-order valence-corrected chi connectivity index (χ3v) is 2.30. The van der Waals surface area contributed by atoms with Gasteiger partial charge >= 0.3 is 5.97 Å². The van der Waals surface area contributed by atoms with E-state index in [1.54, 1.807) is 43.1 Å². The molecule has 0 saturated heterocycles. The average Bonchev–Trinajstić information content (AvgIpc) is 2.27. The highest BCUT2D eigenvalue weighted by Crippen LogP contribution is 2.20. The molecular weight excluding hydrogens is 196 g/mol. The summed E-state index contributed by atoms with van der Waals surface area (Å²) in [5.41, 5.74) is 1.06. The number of carboxylic acids is 1. The van der Waals surface area contributed by atoms with Crippen molar-refractivity contribution in [2.45, 2.75) is 13.0 Å². The summed E-state index contributed by atoms with van der Waals surface area (Å²) < 4.78 is 0. The highest BCUT2D eigenvalue weighted by Gasteiger charge is 2.16. The number of rotatable bonds is 4. The Morgan fingerprint density at radius 2 is 1.93 bits per heavy atom. The molecule has 0 amide bonds. The monoisotopic (exact) mass is 208 g/mol. The Balaban J connectivity index is 2.86. The van der Waals surface area contributed by atoms with E-state index in [1.807, 2.05) is 0 Å². The standard InChI is InChI=1S/C10H12N2O3/c1-7(10(13)14)12(2)9-5-3-8(11-15)4-6-9/h3-7H,1-2H3,(H,13,14). The lowest BCUT2D eigenvalue weighted by atomic mass is 10.2. The molecule has 0 saturated carbocycles. The first kappa shape index (κ1) is 11.2. The number of carbonyl (C=O) groups is 1. The number of nitrogens with zero attached hydrogens (tertiary/aromatic N) is 2. The van der Waals surface area contributed by atoms with E-state index in [9.17, 15) is 9.70 Å². The van der Waals surface area contributed by atoms with E-state index in [1.165, 1.54) is 0 Å². The van der Waals surface area contributed by atoms with Crippen LogP contribution in [0.4, 0.5) is 11.4 Å². The zero-order chi connectivity index (χ0) is 11.4. The van der Waals surface area contributed by atoms with E-state index in [0.717, 1.165) is 5.69 Å². The first-order valence-corrected chi connectivity index (χ1v) is 4.45. The highest BCUT2D eigenvalue weighted by molar-refractivity contribution is 5.77. The van der Waals surface area contributed by atoms with Gasteiger partial charge in [0.05, 0.1) is 0 Å². The second-order valence-electron chi connectivity index (χ2n) is 3.23. The molecule has 1 N–H and O–H groups in total. The molecule has 1 aromatic rings. The van der Waals surface area contributed by atoms with Gasteiger partial charge in [-0.1, -0.05) is 0 Å². The van der Waals surface area contributed by atoms with Crippen molar-refractivity contribution in [2.75, 3.05) is 11.9 Å². The number of benzene rings is 1. The number of likely N-dealkylation sites (N-methyl/N-ethyl adjacent to an activating group) is 1. The van der Waals surface area contributed by atoms with Gasteiger partial charge in [0.25, 0.3) is 0 Å². The van der Waals surface area contributed by atoms with Crippen molar-refractivity contribution in [2.24, 2.45) is 5.18 Å². The molecule has 0 aliphatic rings. The number of hydrogen-bond donors (Lipinski definition) is 1. The van der Waals surface area contributed by atoms with Crippen LogP contribution < -0.4 is 4.90 Å². The first-order chi connectivity index (χ1) is 7.06. The Hall–Kier alpha value is -1.91. The van der Waals surface area contributed by atoms with Crippen molar-refractivity contribution < 1.29 is 9.90 Å². The maximum atomic E-state index is 10.7. The molecule has 0 spiro atoms. The smallest absolute Gasteiger partial charge is 0.326 e. The van der Waals surface area contributed by atoms with Crippen LogP contribution in [0.15, 0.2) is 29.4 Å². The molecule has 0 fully saturated rings. The second-order valence-corrected chi connectivity index (χ2v) is 3.23. The van der Waals surface area contributed by atoms with Gasteiger partial charge in [-0.2, -0.15) is 0 Å². The van der Waals surface area contributed by atoms with E-state index in [-0.39, 0.29) is 0 Å². The Morgan fingerprint density at radius 3 is 2.33 bits per heavy atom. The van der Waals surface area contributed by atoms with Gasteiger partial charge < -0.3 is 10.0 Å². The van der Waals surface area contributed by atoms with Crippen LogP contribution in [0.2, 0.25) is 0 Å². The van der Waals surface area contributed by atoms with Crippen LogP contribution in [0, 0.1) is 4.91 Å². The fourth-order valence-corrected chi connectivity index (χ4v) is 1.14. The van der Waals surface area contributed by atoms with Crippen molar-refractivity contribution >= 4 is 17.3 Å². The minimum absolute atomic E-state index is 0.329. The SMILES string of the molecule is CC(C(=O)O)N(C)c1ccc(N=O)cc1. The lowest BCUT2D eigenvalue weighted by Gasteiger charge is -2.23. The summed E-state index contributed by atoms with van der Waals surface area (Å²) in [5, 5.41) is 11.6. The second kappa shape index (κ2) is 4.54. The van der Waals surface area contributed by atoms with Gasteiger partial charge in [0, 0.05) is 12.7 Å². The molecule has 0 aliphatic heterocycles. The van der Waals surface area contributed by atoms with E-state index < -0.39 is 12.0 Å². The Morgan fingerprint density at radius 1 is 1.40 bits per heavy atom. The molecule has 5 nitrogen and oxygen atoms in total. The summed E-state index contributed by atoms with van der Waals surface area (Å²) in [7, 11) is 1.68. The molecule has 1 unspecified atom stereocenters. The van der Waals surface area contributed by atoms with Crippen molar-refractivity contribution in [3.05, 3.63) is 29.2 Å². The van der Waals surface area contributed by atoms with Gasteiger partial charge in [0.15, 0.2) is 0 Å². The average molecular weight is 208 g/mol. The molecule has 15 heavy (non-hydrogen) atoms. The molecule has 0 heterocycles. The lowest BCUT2D eigenvalue weighted by Crippen LogP contribution is -2.35. The summed E-state index contributed by atoms with van der Waals surface area (Å²) in [6, 6.07) is 5.81. The van der Waals surface area contributed by atoms with E-state index in [4.69, 9.17) is 5.11 Å². The number of nitroso groups, excluding NO2 is 1. The summed E-state index contributed by atoms with van der Waals surface area (Å²) in [5.74, 6) is -0.893. The zero-order valence-electron chi connectivity index (χ0n) is 8.54. The largest absolute Gasteiger partial charge is 0.480 e. The van der Waals surface area contributed by atoms with Gasteiger partial charge in [-0.15, -0.1) is 4.91 Å². The van der Waals surface area contributed by atoms with E-state index in [0.29, 0.717) is 5.69 Å². The third-order valence-electron chi connectivity index (χ3n) is 2.30. The van der Waals surface area contributed by atoms with Gasteiger partial charge in [0.2, 0.25) is 0 Å². The maximum absolute atomic E-state index is 10.7. The van der Waals surface area contributed by atoms with Gasteiger partial charge in [-0.25, -0.2) is 4.79 Å². The predicted octanol–water partition coefficient (Wildman–Crippen LogP) is 1.99. The van der Waals surface area contributed by atoms with Crippen molar-refractivity contribution in [3.8, 4) is 0 Å². The molecule has 5 heteroatoms. The molecule has 80 valence electrons. The normalized spacial score (nSPS) is 11.9. The molecule has 1 rings (SSSR count).